The van der Waals surface area contributed by atoms with Crippen molar-refractivity contribution in [1.29, 1.82) is 0 Å². The molecular weight excluding hydrogens is 419 g/mol. The van der Waals surface area contributed by atoms with E-state index in [1.54, 1.807) is 35.6 Å². The molecule has 0 saturated carbocycles. The van der Waals surface area contributed by atoms with Gasteiger partial charge in [0, 0.05) is 16.0 Å². The zero-order chi connectivity index (χ0) is 21.6. The lowest BCUT2D eigenvalue weighted by molar-refractivity contribution is -0.122. The first-order valence-corrected chi connectivity index (χ1v) is 10.2. The number of carbonyl (C=O) groups is 2. The SMILES string of the molecule is O=C(Cn1nnc(-c2ccccc2NC(=O)c2ccc(F)cc2)n1)NCc1cccs1. The van der Waals surface area contributed by atoms with E-state index < -0.39 is 11.7 Å². The Bertz CT molecular complexity index is 1190. The average molecular weight is 436 g/mol. The summed E-state index contributed by atoms with van der Waals surface area (Å²) in [5.41, 5.74) is 1.33. The molecule has 156 valence electrons. The van der Waals surface area contributed by atoms with E-state index >= 15 is 0 Å². The summed E-state index contributed by atoms with van der Waals surface area (Å²) in [5, 5.41) is 19.7. The summed E-state index contributed by atoms with van der Waals surface area (Å²) in [5.74, 6) is -0.790. The molecule has 0 aliphatic rings. The van der Waals surface area contributed by atoms with Crippen molar-refractivity contribution in [1.82, 2.24) is 25.5 Å². The highest BCUT2D eigenvalue weighted by molar-refractivity contribution is 7.09. The van der Waals surface area contributed by atoms with Crippen molar-refractivity contribution in [3.63, 3.8) is 0 Å². The van der Waals surface area contributed by atoms with E-state index in [0.717, 1.165) is 4.88 Å². The summed E-state index contributed by atoms with van der Waals surface area (Å²) < 4.78 is 13.1. The summed E-state index contributed by atoms with van der Waals surface area (Å²) in [6.45, 7) is 0.360. The molecule has 10 heteroatoms. The van der Waals surface area contributed by atoms with E-state index in [1.807, 2.05) is 17.5 Å². The van der Waals surface area contributed by atoms with Crippen molar-refractivity contribution < 1.29 is 14.0 Å². The van der Waals surface area contributed by atoms with Gasteiger partial charge < -0.3 is 10.6 Å². The second kappa shape index (κ2) is 9.26. The zero-order valence-electron chi connectivity index (χ0n) is 16.2. The maximum atomic E-state index is 13.1. The molecule has 2 aromatic carbocycles. The van der Waals surface area contributed by atoms with Crippen LogP contribution < -0.4 is 10.6 Å². The van der Waals surface area contributed by atoms with E-state index in [0.29, 0.717) is 23.4 Å². The van der Waals surface area contributed by atoms with Gasteiger partial charge in [0.05, 0.1) is 12.2 Å². The normalized spacial score (nSPS) is 10.6. The van der Waals surface area contributed by atoms with Crippen molar-refractivity contribution in [3.8, 4) is 11.4 Å². The van der Waals surface area contributed by atoms with Crippen molar-refractivity contribution in [2.45, 2.75) is 13.1 Å². The number of anilines is 1. The Hall–Kier alpha value is -3.92. The molecule has 4 rings (SSSR count). The molecule has 4 aromatic rings. The van der Waals surface area contributed by atoms with Crippen LogP contribution in [0.25, 0.3) is 11.4 Å². The standard InChI is InChI=1S/C21H17FN6O2S/c22-15-9-7-14(8-10-15)21(30)24-18-6-2-1-5-17(18)20-25-27-28(26-20)13-19(29)23-12-16-4-3-11-31-16/h1-11H,12-13H2,(H,23,29)(H,24,30). The molecule has 0 saturated heterocycles. The van der Waals surface area contributed by atoms with Gasteiger partial charge in [-0.15, -0.1) is 21.5 Å². The summed E-state index contributed by atoms with van der Waals surface area (Å²) >= 11 is 1.56. The second-order valence-electron chi connectivity index (χ2n) is 6.51. The smallest absolute Gasteiger partial charge is 0.255 e. The highest BCUT2D eigenvalue weighted by atomic mass is 32.1. The predicted octanol–water partition coefficient (Wildman–Crippen LogP) is 3.11. The van der Waals surface area contributed by atoms with Gasteiger partial charge in [-0.05, 0) is 53.1 Å². The first kappa shape index (κ1) is 20.4. The van der Waals surface area contributed by atoms with Crippen LogP contribution >= 0.6 is 11.3 Å². The zero-order valence-corrected chi connectivity index (χ0v) is 17.0. The Balaban J connectivity index is 1.44. The van der Waals surface area contributed by atoms with E-state index in [4.69, 9.17) is 0 Å². The van der Waals surface area contributed by atoms with Crippen LogP contribution in [-0.2, 0) is 17.9 Å². The van der Waals surface area contributed by atoms with Crippen molar-refractivity contribution in [3.05, 3.63) is 82.3 Å². The third-order valence-corrected chi connectivity index (χ3v) is 5.18. The number of para-hydroxylation sites is 1. The minimum Gasteiger partial charge on any atom is -0.350 e. The van der Waals surface area contributed by atoms with Gasteiger partial charge in [-0.25, -0.2) is 4.39 Å². The fraction of sp³-hybridized carbons (Fsp3) is 0.0952. The molecule has 2 N–H and O–H groups in total. The molecule has 0 aliphatic carbocycles. The first-order chi connectivity index (χ1) is 15.1. The Morgan fingerprint density at radius 3 is 2.61 bits per heavy atom. The van der Waals surface area contributed by atoms with Crippen LogP contribution in [0.15, 0.2) is 66.0 Å². The van der Waals surface area contributed by atoms with Gasteiger partial charge in [-0.3, -0.25) is 9.59 Å². The van der Waals surface area contributed by atoms with Crippen molar-refractivity contribution in [2.75, 3.05) is 5.32 Å². The Kier molecular flexibility index (Phi) is 6.08. The molecule has 2 amide bonds. The van der Waals surface area contributed by atoms with Gasteiger partial charge in [0.25, 0.3) is 5.91 Å². The van der Waals surface area contributed by atoms with Crippen LogP contribution in [0.5, 0.6) is 0 Å². The third-order valence-electron chi connectivity index (χ3n) is 4.30. The molecule has 0 aliphatic heterocycles. The van der Waals surface area contributed by atoms with E-state index in [1.165, 1.54) is 29.1 Å². The summed E-state index contributed by atoms with van der Waals surface area (Å²) in [6, 6.07) is 16.1. The fourth-order valence-electron chi connectivity index (χ4n) is 2.78. The molecule has 8 nitrogen and oxygen atoms in total. The number of hydrogen-bond acceptors (Lipinski definition) is 6. The second-order valence-corrected chi connectivity index (χ2v) is 7.54. The number of nitrogens with one attached hydrogen (secondary N) is 2. The molecule has 0 fully saturated rings. The highest BCUT2D eigenvalue weighted by Gasteiger charge is 2.15. The summed E-state index contributed by atoms with van der Waals surface area (Å²) in [6.07, 6.45) is 0. The molecule has 2 heterocycles. The van der Waals surface area contributed by atoms with Gasteiger partial charge in [0.2, 0.25) is 11.7 Å². The first-order valence-electron chi connectivity index (χ1n) is 9.32. The Morgan fingerprint density at radius 2 is 1.84 bits per heavy atom. The summed E-state index contributed by atoms with van der Waals surface area (Å²) in [7, 11) is 0. The molecule has 0 radical (unpaired) electrons. The fourth-order valence-corrected chi connectivity index (χ4v) is 3.43. The lowest BCUT2D eigenvalue weighted by atomic mass is 10.1. The van der Waals surface area contributed by atoms with E-state index in [-0.39, 0.29) is 18.3 Å². The molecule has 31 heavy (non-hydrogen) atoms. The van der Waals surface area contributed by atoms with Crippen LogP contribution in [0, 0.1) is 5.82 Å². The van der Waals surface area contributed by atoms with Crippen LogP contribution in [0.2, 0.25) is 0 Å². The minimum absolute atomic E-state index is 0.0809. The number of halogens is 1. The number of rotatable bonds is 7. The van der Waals surface area contributed by atoms with Crippen molar-refractivity contribution >= 4 is 28.8 Å². The molecule has 0 spiro atoms. The summed E-state index contributed by atoms with van der Waals surface area (Å²) in [4.78, 5) is 26.8. The van der Waals surface area contributed by atoms with Gasteiger partial charge in [0.15, 0.2) is 0 Å². The van der Waals surface area contributed by atoms with Gasteiger partial charge in [-0.1, -0.05) is 18.2 Å². The number of tetrazole rings is 1. The largest absolute Gasteiger partial charge is 0.350 e. The van der Waals surface area contributed by atoms with Gasteiger partial charge in [0.1, 0.15) is 12.4 Å². The maximum Gasteiger partial charge on any atom is 0.255 e. The van der Waals surface area contributed by atoms with E-state index in [2.05, 4.69) is 26.0 Å². The number of hydrogen-bond donors (Lipinski definition) is 2. The molecule has 2 aromatic heterocycles. The average Bonchev–Trinajstić information content (AvgIpc) is 3.45. The van der Waals surface area contributed by atoms with E-state index in [9.17, 15) is 14.0 Å². The van der Waals surface area contributed by atoms with Gasteiger partial charge >= 0.3 is 0 Å². The minimum atomic E-state index is -0.419. The van der Waals surface area contributed by atoms with Gasteiger partial charge in [-0.2, -0.15) is 4.80 Å². The predicted molar refractivity (Wildman–Crippen MR) is 114 cm³/mol. The lowest BCUT2D eigenvalue weighted by Gasteiger charge is -2.08. The monoisotopic (exact) mass is 436 g/mol. The van der Waals surface area contributed by atoms with Crippen LogP contribution in [0.1, 0.15) is 15.2 Å². The number of benzene rings is 2. The molecule has 0 atom stereocenters. The topological polar surface area (TPSA) is 102 Å². The maximum absolute atomic E-state index is 13.1. The number of carbonyl (C=O) groups excluding carboxylic acids is 2. The number of thiophene rings is 1. The highest BCUT2D eigenvalue weighted by Crippen LogP contribution is 2.25. The number of aromatic nitrogens is 4. The lowest BCUT2D eigenvalue weighted by Crippen LogP contribution is -2.27. The number of nitrogens with zero attached hydrogens (tertiary/aromatic N) is 4. The van der Waals surface area contributed by atoms with Crippen molar-refractivity contribution in [2.24, 2.45) is 0 Å². The molecule has 0 unspecified atom stereocenters. The number of amides is 2. The molecule has 0 bridgehead atoms. The van der Waals surface area contributed by atoms with Crippen LogP contribution in [-0.4, -0.2) is 32.0 Å². The Labute approximate surface area is 180 Å². The third kappa shape index (κ3) is 5.17. The van der Waals surface area contributed by atoms with Crippen LogP contribution in [0.4, 0.5) is 10.1 Å². The van der Waals surface area contributed by atoms with Crippen LogP contribution in [0.3, 0.4) is 0 Å². The quantitative estimate of drug-likeness (QED) is 0.464. The molecular formula is C21H17FN6O2S. The Morgan fingerprint density at radius 1 is 1.03 bits per heavy atom.